The van der Waals surface area contributed by atoms with Crippen molar-refractivity contribution in [3.8, 4) is 39.7 Å². The van der Waals surface area contributed by atoms with Gasteiger partial charge in [-0.2, -0.15) is 0 Å². The van der Waals surface area contributed by atoms with Gasteiger partial charge >= 0.3 is 17.6 Å². The molecule has 0 atom stereocenters. The van der Waals surface area contributed by atoms with Gasteiger partial charge in [-0.25, -0.2) is 4.98 Å². The largest absolute Gasteiger partial charge is 0.507 e. The maximum absolute atomic E-state index is 13.3. The zero-order chi connectivity index (χ0) is 72.3. The highest BCUT2D eigenvalue weighted by Gasteiger charge is 2.41. The number of aromatic nitrogens is 2. The van der Waals surface area contributed by atoms with Crippen molar-refractivity contribution in [2.75, 3.05) is 50.3 Å². The first-order chi connectivity index (χ1) is 46.6. The van der Waals surface area contributed by atoms with Gasteiger partial charge in [-0.15, -0.1) is 0 Å². The Kier molecular flexibility index (Phi) is 38.3. The number of unbranched alkanes of at least 4 members (excludes halogenated alkanes) is 18. The molecule has 1 heterocycles. The molecule has 0 aliphatic heterocycles. The average Bonchev–Trinajstić information content (AvgIpc) is 1.28. The van der Waals surface area contributed by atoms with Crippen LogP contribution in [0.25, 0.3) is 33.9 Å². The summed E-state index contributed by atoms with van der Waals surface area (Å²) in [5.41, 5.74) is 6.15. The van der Waals surface area contributed by atoms with E-state index in [1.165, 1.54) is 64.2 Å². The van der Waals surface area contributed by atoms with Crippen molar-refractivity contribution in [1.82, 2.24) is 9.97 Å². The predicted octanol–water partition coefficient (Wildman–Crippen LogP) is 21.8. The molecule has 0 aliphatic rings. The first-order valence-electron chi connectivity index (χ1n) is 38.2. The number of phenols is 1. The molecule has 0 radical (unpaired) electrons. The second-order valence-electron chi connectivity index (χ2n) is 30.8. The fourth-order valence-electron chi connectivity index (χ4n) is 14.4. The highest BCUT2D eigenvalue weighted by atomic mass is 28.4. The average molecular weight is 1400 g/mol. The Labute approximate surface area is 596 Å². The number of ketones is 2. The molecular weight excluding hydrogens is 1260 g/mol. The predicted molar refractivity (Wildman–Crippen MR) is 409 cm³/mol. The smallest absolute Gasteiger partial charge is 0.500 e. The lowest BCUT2D eigenvalue weighted by Gasteiger charge is -2.37. The van der Waals surface area contributed by atoms with Crippen LogP contribution in [0.15, 0.2) is 60.7 Å². The van der Waals surface area contributed by atoms with Crippen LogP contribution in [0.4, 0.5) is 11.4 Å². The van der Waals surface area contributed by atoms with E-state index in [1.54, 1.807) is 0 Å². The molecular formula is C81H134N4O11Si2. The number of rotatable bonds is 53. The quantitative estimate of drug-likeness (QED) is 0.0242. The van der Waals surface area contributed by atoms with Crippen molar-refractivity contribution in [2.45, 2.75) is 313 Å². The van der Waals surface area contributed by atoms with E-state index in [0.29, 0.717) is 81.1 Å². The first kappa shape index (κ1) is 85.6. The van der Waals surface area contributed by atoms with E-state index < -0.39 is 17.6 Å². The molecule has 0 fully saturated rings. The van der Waals surface area contributed by atoms with Crippen LogP contribution in [0, 0.1) is 10.8 Å². The normalized spacial score (nSPS) is 12.6. The van der Waals surface area contributed by atoms with Crippen molar-refractivity contribution in [3.05, 3.63) is 71.8 Å². The summed E-state index contributed by atoms with van der Waals surface area (Å²) >= 11 is 0. The van der Waals surface area contributed by atoms with Crippen LogP contribution in [0.3, 0.4) is 0 Å². The second kappa shape index (κ2) is 43.8. The lowest BCUT2D eigenvalue weighted by Crippen LogP contribution is -2.45. The number of benzene rings is 3. The number of carbonyl (C=O) groups is 4. The molecule has 2 amide bonds. The number of anilines is 2. The Morgan fingerprint density at radius 2 is 0.714 bits per heavy atom. The fourth-order valence-corrected chi connectivity index (χ4v) is 19.7. The highest BCUT2D eigenvalue weighted by Crippen LogP contribution is 2.49. The van der Waals surface area contributed by atoms with Crippen LogP contribution >= 0.6 is 0 Å². The molecule has 15 nitrogen and oxygen atoms in total. The fraction of sp³-hybridized carbons (Fsp3) is 0.691. The molecule has 98 heavy (non-hydrogen) atoms. The SMILES string of the molecule is CCO[Si](CCCCCCCCCCCCC(=O)CCC(=O)Nc1ccc(-c2nc(-c3cc(C(C)(C)CC(C)(C)C)c(O)c(C(C)(C)CC(C)(C)C)c3)[nH]c2-c2ccc(NC(=O)CCC(=O)CCCCCCCCCCCC[Si](OCC)(OCC)OCC)cc2)cc1)(OCC)OCC. The van der Waals surface area contributed by atoms with Gasteiger partial charge in [-0.05, 0) is 138 Å². The summed E-state index contributed by atoms with van der Waals surface area (Å²) in [6, 6.07) is 21.3. The molecule has 17 heteroatoms. The molecule has 4 aromatic rings. The van der Waals surface area contributed by atoms with Gasteiger partial charge in [0.15, 0.2) is 0 Å². The Morgan fingerprint density at radius 3 is 1.03 bits per heavy atom. The van der Waals surface area contributed by atoms with Gasteiger partial charge in [0.2, 0.25) is 11.8 Å². The van der Waals surface area contributed by atoms with Crippen LogP contribution in [0.2, 0.25) is 12.1 Å². The maximum Gasteiger partial charge on any atom is 0.500 e. The summed E-state index contributed by atoms with van der Waals surface area (Å²) in [6.45, 7) is 38.0. The van der Waals surface area contributed by atoms with Crippen LogP contribution in [-0.2, 0) is 56.6 Å². The number of Topliss-reactive ketones (excluding diaryl/α,β-unsaturated/α-hetero) is 2. The van der Waals surface area contributed by atoms with Crippen molar-refractivity contribution < 1.29 is 50.8 Å². The van der Waals surface area contributed by atoms with Gasteiger partial charge in [-0.3, -0.25) is 19.2 Å². The number of H-pyrrole nitrogens is 1. The molecule has 0 saturated heterocycles. The number of imidazole rings is 1. The molecule has 0 bridgehead atoms. The van der Waals surface area contributed by atoms with Gasteiger partial charge in [0, 0.05) is 129 Å². The third kappa shape index (κ3) is 31.6. The van der Waals surface area contributed by atoms with E-state index in [2.05, 4.69) is 97.0 Å². The molecule has 0 spiro atoms. The minimum atomic E-state index is -2.55. The van der Waals surface area contributed by atoms with Crippen LogP contribution in [0.1, 0.15) is 302 Å². The van der Waals surface area contributed by atoms with Crippen LogP contribution in [-0.4, -0.2) is 95.7 Å². The van der Waals surface area contributed by atoms with E-state index in [4.69, 9.17) is 31.5 Å². The number of carbonyl (C=O) groups excluding carboxylic acids is 4. The lowest BCUT2D eigenvalue weighted by molar-refractivity contribution is -0.123. The van der Waals surface area contributed by atoms with Crippen molar-refractivity contribution in [1.29, 1.82) is 0 Å². The molecule has 4 N–H and O–H groups in total. The minimum absolute atomic E-state index is 0.0137. The summed E-state index contributed by atoms with van der Waals surface area (Å²) in [7, 11) is -5.11. The Bertz CT molecular complexity index is 2720. The standard InChI is InChI=1S/C81H134N4O11Si2/c1-17-91-97(92-18-2,93-19-3)57-41-37-33-29-25-23-27-31-35-39-43-68(86)53-55-72(88)82-66-49-45-63(46-50-66)74-75(85-77(84-74)65-59-70(80(13,14)61-78(7,8)9)76(90)71(60-65)81(15,16)62-79(10,11)12)64-47-51-67(52-48-64)83-73(89)56-54-69(87)44-40-36-32-28-24-26-30-34-38-42-58-98(94-20-4,95-21-5)96-22-6/h45-52,59-60,90H,17-44,53-58,61-62H2,1-16H3,(H,82,88)(H,83,89)(H,84,85). The molecule has 1 aromatic heterocycles. The summed E-state index contributed by atoms with van der Waals surface area (Å²) in [4.78, 5) is 61.5. The minimum Gasteiger partial charge on any atom is -0.507 e. The number of hydrogen-bond donors (Lipinski definition) is 4. The number of amides is 2. The Balaban J connectivity index is 1.37. The van der Waals surface area contributed by atoms with E-state index in [1.807, 2.05) is 90.1 Å². The number of aromatic hydroxyl groups is 1. The number of phenolic OH excluding ortho intramolecular Hbond substituents is 1. The number of nitrogens with zero attached hydrogens (tertiary/aromatic N) is 1. The summed E-state index contributed by atoms with van der Waals surface area (Å²) < 4.78 is 36.0. The monoisotopic (exact) mass is 1390 g/mol. The van der Waals surface area contributed by atoms with Gasteiger partial charge in [0.05, 0.1) is 11.4 Å². The third-order valence-corrected chi connectivity index (χ3v) is 24.5. The summed E-state index contributed by atoms with van der Waals surface area (Å²) in [5.74, 6) is 0.797. The van der Waals surface area contributed by atoms with Crippen molar-refractivity contribution in [3.63, 3.8) is 0 Å². The van der Waals surface area contributed by atoms with Crippen LogP contribution in [0.5, 0.6) is 5.75 Å². The highest BCUT2D eigenvalue weighted by molar-refractivity contribution is 6.61. The van der Waals surface area contributed by atoms with Gasteiger partial charge in [0.25, 0.3) is 0 Å². The number of hydrogen-bond acceptors (Lipinski definition) is 12. The van der Waals surface area contributed by atoms with Crippen molar-refractivity contribution >= 4 is 52.4 Å². The van der Waals surface area contributed by atoms with E-state index in [9.17, 15) is 24.3 Å². The molecule has 0 unspecified atom stereocenters. The molecule has 4 rings (SSSR count). The Hall–Kier alpha value is -4.86. The van der Waals surface area contributed by atoms with E-state index in [-0.39, 0.29) is 70.7 Å². The third-order valence-electron chi connectivity index (χ3n) is 18.2. The number of aromatic amines is 1. The summed E-state index contributed by atoms with van der Waals surface area (Å²) in [6.07, 6.45) is 25.9. The van der Waals surface area contributed by atoms with Gasteiger partial charge in [-0.1, -0.05) is 196 Å². The molecule has 552 valence electrons. The zero-order valence-corrected chi connectivity index (χ0v) is 66.2. The number of nitrogens with one attached hydrogen (secondary N) is 3. The van der Waals surface area contributed by atoms with Crippen molar-refractivity contribution in [2.24, 2.45) is 10.8 Å². The van der Waals surface area contributed by atoms with Gasteiger partial charge in [0.1, 0.15) is 23.1 Å². The maximum atomic E-state index is 13.3. The first-order valence-corrected chi connectivity index (χ1v) is 42.1. The lowest BCUT2D eigenvalue weighted by atomic mass is 9.68. The van der Waals surface area contributed by atoms with Gasteiger partial charge < -0.3 is 47.3 Å². The van der Waals surface area contributed by atoms with E-state index >= 15 is 0 Å². The topological polar surface area (TPSA) is 197 Å². The van der Waals surface area contributed by atoms with Crippen LogP contribution < -0.4 is 10.6 Å². The zero-order valence-electron chi connectivity index (χ0n) is 64.2. The molecule has 0 aliphatic carbocycles. The summed E-state index contributed by atoms with van der Waals surface area (Å²) in [5, 5.41) is 18.4. The molecule has 0 saturated carbocycles. The molecule has 3 aromatic carbocycles. The second-order valence-corrected chi connectivity index (χ2v) is 36.3. The van der Waals surface area contributed by atoms with E-state index in [0.717, 1.165) is 123 Å². The Morgan fingerprint density at radius 1 is 0.408 bits per heavy atom.